The number of ether oxygens (including phenoxy) is 2. The zero-order chi connectivity index (χ0) is 20.8. The molecule has 6 nitrogen and oxygen atoms in total. The van der Waals surface area contributed by atoms with E-state index in [4.69, 9.17) is 9.47 Å². The summed E-state index contributed by atoms with van der Waals surface area (Å²) in [5.74, 6) is -0.358. The minimum Gasteiger partial charge on any atom is -0.487 e. The molecular weight excluding hydrogens is 388 g/mol. The van der Waals surface area contributed by atoms with E-state index in [2.05, 4.69) is 4.98 Å². The largest absolute Gasteiger partial charge is 0.487 e. The molecule has 3 rings (SSSR count). The number of benzene rings is 2. The van der Waals surface area contributed by atoms with Gasteiger partial charge in [0.25, 0.3) is 5.91 Å². The molecule has 0 bridgehead atoms. The second-order valence-electron chi connectivity index (χ2n) is 6.45. The third kappa shape index (κ3) is 5.42. The number of rotatable bonds is 7. The molecule has 1 amide bonds. The number of aromatic nitrogens is 1. The van der Waals surface area contributed by atoms with Crippen molar-refractivity contribution < 1.29 is 19.1 Å². The zero-order valence-corrected chi connectivity index (χ0v) is 17.3. The summed E-state index contributed by atoms with van der Waals surface area (Å²) in [6.45, 7) is 3.81. The molecule has 0 N–H and O–H groups in total. The number of hydrogen-bond donors (Lipinski definition) is 0. The Morgan fingerprint density at radius 3 is 2.59 bits per heavy atom. The lowest BCUT2D eigenvalue weighted by Crippen LogP contribution is -2.37. The summed E-state index contributed by atoms with van der Waals surface area (Å²) >= 11 is 1.56. The quantitative estimate of drug-likeness (QED) is 0.545. The molecule has 1 aromatic heterocycles. The maximum Gasteiger partial charge on any atom is 0.339 e. The lowest BCUT2D eigenvalue weighted by Gasteiger charge is -2.21. The highest BCUT2D eigenvalue weighted by Crippen LogP contribution is 2.18. The third-order valence-corrected chi connectivity index (χ3v) is 5.05. The van der Waals surface area contributed by atoms with E-state index >= 15 is 0 Å². The number of amides is 1. The maximum atomic E-state index is 12.6. The lowest BCUT2D eigenvalue weighted by atomic mass is 10.2. The molecule has 0 spiro atoms. The van der Waals surface area contributed by atoms with Crippen molar-refractivity contribution >= 4 is 28.9 Å². The van der Waals surface area contributed by atoms with Crippen LogP contribution in [0.15, 0.2) is 60.0 Å². The summed E-state index contributed by atoms with van der Waals surface area (Å²) in [7, 11) is 1.65. The average Bonchev–Trinajstić information content (AvgIpc) is 3.17. The summed E-state index contributed by atoms with van der Waals surface area (Å²) < 4.78 is 11.1. The Hall–Kier alpha value is -3.19. The molecule has 29 heavy (non-hydrogen) atoms. The molecule has 2 aromatic carbocycles. The first kappa shape index (κ1) is 20.5. The van der Waals surface area contributed by atoms with E-state index in [0.29, 0.717) is 17.9 Å². The van der Waals surface area contributed by atoms with E-state index in [9.17, 15) is 9.59 Å². The van der Waals surface area contributed by atoms with Crippen LogP contribution in [-0.4, -0.2) is 30.0 Å². The molecule has 0 radical (unpaired) electrons. The number of carbonyl (C=O) groups is 2. The van der Waals surface area contributed by atoms with Crippen molar-refractivity contribution in [3.63, 3.8) is 0 Å². The standard InChI is InChI=1S/C22H22N2O4S/c1-15(21(25)24(3)19-9-5-4-6-10-19)28-22(26)17-8-7-11-20(12-17)27-13-18-14-29-16(2)23-18/h4-12,14-15H,13H2,1-3H3. The Balaban J connectivity index is 1.60. The van der Waals surface area contributed by atoms with Crippen LogP contribution in [0.25, 0.3) is 0 Å². The molecule has 0 aliphatic rings. The summed E-state index contributed by atoms with van der Waals surface area (Å²) in [6, 6.07) is 15.9. The monoisotopic (exact) mass is 410 g/mol. The van der Waals surface area contributed by atoms with Crippen molar-refractivity contribution in [3.8, 4) is 5.75 Å². The number of thiazole rings is 1. The number of nitrogens with zero attached hydrogens (tertiary/aromatic N) is 2. The fraction of sp³-hybridized carbons (Fsp3) is 0.227. The predicted octanol–water partition coefficient (Wildman–Crippen LogP) is 4.24. The van der Waals surface area contributed by atoms with Crippen LogP contribution in [0.1, 0.15) is 28.0 Å². The summed E-state index contributed by atoms with van der Waals surface area (Å²) in [6.07, 6.45) is -0.921. The summed E-state index contributed by atoms with van der Waals surface area (Å²) in [5, 5.41) is 2.91. The van der Waals surface area contributed by atoms with Gasteiger partial charge in [0.1, 0.15) is 12.4 Å². The second kappa shape index (κ2) is 9.34. The first-order valence-electron chi connectivity index (χ1n) is 9.11. The number of esters is 1. The van der Waals surface area contributed by atoms with Crippen LogP contribution < -0.4 is 9.64 Å². The van der Waals surface area contributed by atoms with Crippen molar-refractivity contribution in [2.45, 2.75) is 26.6 Å². The maximum absolute atomic E-state index is 12.6. The molecule has 0 aliphatic heterocycles. The van der Waals surface area contributed by atoms with Gasteiger partial charge in [-0.15, -0.1) is 11.3 Å². The first-order valence-corrected chi connectivity index (χ1v) is 9.99. The van der Waals surface area contributed by atoms with Crippen LogP contribution >= 0.6 is 11.3 Å². The smallest absolute Gasteiger partial charge is 0.339 e. The summed E-state index contributed by atoms with van der Waals surface area (Å²) in [5.41, 5.74) is 1.88. The number of carbonyl (C=O) groups excluding carboxylic acids is 2. The predicted molar refractivity (Wildman–Crippen MR) is 112 cm³/mol. The van der Waals surface area contributed by atoms with Crippen LogP contribution in [0.3, 0.4) is 0 Å². The Bertz CT molecular complexity index is 987. The van der Waals surface area contributed by atoms with Crippen molar-refractivity contribution in [3.05, 3.63) is 76.2 Å². The highest BCUT2D eigenvalue weighted by molar-refractivity contribution is 7.09. The first-order chi connectivity index (χ1) is 13.9. The average molecular weight is 410 g/mol. The van der Waals surface area contributed by atoms with E-state index in [1.54, 1.807) is 49.6 Å². The van der Waals surface area contributed by atoms with Gasteiger partial charge in [-0.3, -0.25) is 4.79 Å². The molecule has 1 heterocycles. The SMILES string of the molecule is Cc1nc(COc2cccc(C(=O)OC(C)C(=O)N(C)c3ccccc3)c2)cs1. The number of anilines is 1. The van der Waals surface area contributed by atoms with Gasteiger partial charge >= 0.3 is 5.97 Å². The molecular formula is C22H22N2O4S. The van der Waals surface area contributed by atoms with Gasteiger partial charge in [0.2, 0.25) is 0 Å². The number of hydrogen-bond acceptors (Lipinski definition) is 6. The van der Waals surface area contributed by atoms with Crippen molar-refractivity contribution in [1.82, 2.24) is 4.98 Å². The number of likely N-dealkylation sites (N-methyl/N-ethyl adjacent to an activating group) is 1. The minimum absolute atomic E-state index is 0.309. The molecule has 0 fully saturated rings. The van der Waals surface area contributed by atoms with Crippen LogP contribution in [0.2, 0.25) is 0 Å². The molecule has 0 saturated carbocycles. The molecule has 1 atom stereocenters. The van der Waals surface area contributed by atoms with Crippen molar-refractivity contribution in [2.75, 3.05) is 11.9 Å². The summed E-state index contributed by atoms with van der Waals surface area (Å²) in [4.78, 5) is 30.9. The van der Waals surface area contributed by atoms with E-state index in [0.717, 1.165) is 16.4 Å². The van der Waals surface area contributed by atoms with Gasteiger partial charge in [0, 0.05) is 18.1 Å². The van der Waals surface area contributed by atoms with Crippen molar-refractivity contribution in [2.24, 2.45) is 0 Å². The van der Waals surface area contributed by atoms with Crippen molar-refractivity contribution in [1.29, 1.82) is 0 Å². The molecule has 150 valence electrons. The lowest BCUT2D eigenvalue weighted by molar-refractivity contribution is -0.126. The van der Waals surface area contributed by atoms with E-state index in [1.807, 2.05) is 42.6 Å². The van der Waals surface area contributed by atoms with Gasteiger partial charge in [0.05, 0.1) is 16.3 Å². The molecule has 0 saturated heterocycles. The van der Waals surface area contributed by atoms with Gasteiger partial charge < -0.3 is 14.4 Å². The molecule has 1 unspecified atom stereocenters. The number of para-hydroxylation sites is 1. The van der Waals surface area contributed by atoms with Gasteiger partial charge in [-0.2, -0.15) is 0 Å². The Morgan fingerprint density at radius 2 is 1.90 bits per heavy atom. The van der Waals surface area contributed by atoms with Crippen LogP contribution in [-0.2, 0) is 16.1 Å². The molecule has 7 heteroatoms. The highest BCUT2D eigenvalue weighted by atomic mass is 32.1. The van der Waals surface area contributed by atoms with Gasteiger partial charge in [-0.1, -0.05) is 24.3 Å². The number of aryl methyl sites for hydroxylation is 1. The Labute approximate surface area is 173 Å². The van der Waals surface area contributed by atoms with Crippen LogP contribution in [0.5, 0.6) is 5.75 Å². The highest BCUT2D eigenvalue weighted by Gasteiger charge is 2.23. The fourth-order valence-corrected chi connectivity index (χ4v) is 3.27. The molecule has 0 aliphatic carbocycles. The van der Waals surface area contributed by atoms with Gasteiger partial charge in [-0.05, 0) is 44.2 Å². The zero-order valence-electron chi connectivity index (χ0n) is 16.5. The third-order valence-electron chi connectivity index (χ3n) is 4.23. The van der Waals surface area contributed by atoms with E-state index in [1.165, 1.54) is 4.90 Å². The Kier molecular flexibility index (Phi) is 6.61. The fourth-order valence-electron chi connectivity index (χ4n) is 2.68. The van der Waals surface area contributed by atoms with Gasteiger partial charge in [-0.25, -0.2) is 9.78 Å². The van der Waals surface area contributed by atoms with Crippen LogP contribution in [0, 0.1) is 6.92 Å². The Morgan fingerprint density at radius 1 is 1.14 bits per heavy atom. The van der Waals surface area contributed by atoms with Gasteiger partial charge in [0.15, 0.2) is 6.10 Å². The second-order valence-corrected chi connectivity index (χ2v) is 7.52. The van der Waals surface area contributed by atoms with E-state index in [-0.39, 0.29) is 5.91 Å². The van der Waals surface area contributed by atoms with Crippen LogP contribution in [0.4, 0.5) is 5.69 Å². The minimum atomic E-state index is -0.921. The van der Waals surface area contributed by atoms with E-state index < -0.39 is 12.1 Å². The molecule has 3 aromatic rings. The normalized spacial score (nSPS) is 11.6. The topological polar surface area (TPSA) is 68.7 Å².